The molecule has 0 radical (unpaired) electrons. The quantitative estimate of drug-likeness (QED) is 0.436. The zero-order valence-corrected chi connectivity index (χ0v) is 16.1. The number of hydrogen-bond acceptors (Lipinski definition) is 2. The number of pyridine rings is 1. The van der Waals surface area contributed by atoms with E-state index in [0.717, 1.165) is 16.7 Å². The fraction of sp³-hybridized carbons (Fsp3) is 0.217. The van der Waals surface area contributed by atoms with E-state index in [-0.39, 0.29) is 5.56 Å². The smallest absolute Gasteiger partial charge is 0.243 e. The second-order valence-electron chi connectivity index (χ2n) is 7.19. The molecule has 0 atom stereocenters. The number of aromatic nitrogens is 3. The van der Waals surface area contributed by atoms with Gasteiger partial charge < -0.3 is 0 Å². The van der Waals surface area contributed by atoms with Crippen molar-refractivity contribution in [3.05, 3.63) is 82.5 Å². The van der Waals surface area contributed by atoms with Crippen molar-refractivity contribution in [2.75, 3.05) is 0 Å². The molecular weight excluding hydrogens is 356 g/mol. The van der Waals surface area contributed by atoms with Gasteiger partial charge in [-0.2, -0.15) is 5.10 Å². The van der Waals surface area contributed by atoms with Gasteiger partial charge in [0.1, 0.15) is 0 Å². The lowest BCUT2D eigenvalue weighted by Crippen LogP contribution is -2.04. The van der Waals surface area contributed by atoms with Crippen molar-refractivity contribution in [2.45, 2.75) is 33.7 Å². The molecule has 142 valence electrons. The Hall–Kier alpha value is -3.08. The molecule has 2 aromatic heterocycles. The molecule has 0 saturated carbocycles. The van der Waals surface area contributed by atoms with E-state index in [1.165, 1.54) is 11.6 Å². The third kappa shape index (κ3) is 3.40. The highest BCUT2D eigenvalue weighted by molar-refractivity contribution is 5.85. The standard InChI is InChI=1S/C23H21F2N3/c1-14-4-8-17(9-5-14)13-28-23-21(16(3)27-28)19(22(24)25)12-20(26-23)18-10-6-15(2)7-11-18/h4-12,22H,13H2,1-3H3. The van der Waals surface area contributed by atoms with E-state index in [2.05, 4.69) is 5.10 Å². The number of alkyl halides is 2. The monoisotopic (exact) mass is 377 g/mol. The molecule has 28 heavy (non-hydrogen) atoms. The third-order valence-electron chi connectivity index (χ3n) is 4.94. The average Bonchev–Trinajstić information content (AvgIpc) is 2.99. The molecule has 2 heterocycles. The zero-order valence-electron chi connectivity index (χ0n) is 16.1. The molecular formula is C23H21F2N3. The summed E-state index contributed by atoms with van der Waals surface area (Å²) in [5.74, 6) is 0. The molecule has 0 bridgehead atoms. The van der Waals surface area contributed by atoms with Crippen LogP contribution in [0.4, 0.5) is 8.78 Å². The van der Waals surface area contributed by atoms with Crippen molar-refractivity contribution in [2.24, 2.45) is 0 Å². The van der Waals surface area contributed by atoms with Crippen molar-refractivity contribution in [3.63, 3.8) is 0 Å². The maximum Gasteiger partial charge on any atom is 0.264 e. The van der Waals surface area contributed by atoms with Crippen molar-refractivity contribution in [3.8, 4) is 11.3 Å². The molecule has 4 rings (SSSR count). The van der Waals surface area contributed by atoms with Crippen LogP contribution < -0.4 is 0 Å². The summed E-state index contributed by atoms with van der Waals surface area (Å²) in [6.07, 6.45) is -2.59. The Morgan fingerprint density at radius 1 is 0.893 bits per heavy atom. The maximum atomic E-state index is 13.9. The Kier molecular flexibility index (Phi) is 4.67. The van der Waals surface area contributed by atoms with Crippen molar-refractivity contribution in [1.29, 1.82) is 0 Å². The Bertz CT molecular complexity index is 1130. The summed E-state index contributed by atoms with van der Waals surface area (Å²) in [4.78, 5) is 4.72. The molecule has 0 aliphatic heterocycles. The van der Waals surface area contributed by atoms with Gasteiger partial charge in [-0.1, -0.05) is 59.7 Å². The molecule has 0 unspecified atom stereocenters. The number of fused-ring (bicyclic) bond motifs is 1. The predicted octanol–water partition coefficient (Wildman–Crippen LogP) is 6.01. The van der Waals surface area contributed by atoms with Gasteiger partial charge in [0.2, 0.25) is 0 Å². The molecule has 0 amide bonds. The van der Waals surface area contributed by atoms with E-state index in [1.807, 2.05) is 62.4 Å². The summed E-state index contributed by atoms with van der Waals surface area (Å²) in [7, 11) is 0. The van der Waals surface area contributed by atoms with E-state index >= 15 is 0 Å². The summed E-state index contributed by atoms with van der Waals surface area (Å²) < 4.78 is 29.4. The Balaban J connectivity index is 1.89. The molecule has 0 spiro atoms. The lowest BCUT2D eigenvalue weighted by Gasteiger charge is -2.09. The predicted molar refractivity (Wildman–Crippen MR) is 108 cm³/mol. The van der Waals surface area contributed by atoms with Gasteiger partial charge in [0.15, 0.2) is 5.65 Å². The highest BCUT2D eigenvalue weighted by atomic mass is 19.3. The van der Waals surface area contributed by atoms with E-state index in [1.54, 1.807) is 11.6 Å². The maximum absolute atomic E-state index is 13.9. The second kappa shape index (κ2) is 7.15. The van der Waals surface area contributed by atoms with Crippen LogP contribution in [0.5, 0.6) is 0 Å². The number of hydrogen-bond donors (Lipinski definition) is 0. The molecule has 0 aliphatic rings. The summed E-state index contributed by atoms with van der Waals surface area (Å²) in [6.45, 7) is 6.26. The van der Waals surface area contributed by atoms with Crippen molar-refractivity contribution >= 4 is 11.0 Å². The van der Waals surface area contributed by atoms with Crippen LogP contribution in [0.15, 0.2) is 54.6 Å². The second-order valence-corrected chi connectivity index (χ2v) is 7.19. The fourth-order valence-corrected chi connectivity index (χ4v) is 3.41. The summed E-state index contributed by atoms with van der Waals surface area (Å²) in [6, 6.07) is 17.3. The number of nitrogens with zero attached hydrogens (tertiary/aromatic N) is 3. The van der Waals surface area contributed by atoms with Gasteiger partial charge in [-0.15, -0.1) is 0 Å². The van der Waals surface area contributed by atoms with E-state index in [4.69, 9.17) is 4.98 Å². The first-order valence-corrected chi connectivity index (χ1v) is 9.21. The Morgan fingerprint density at radius 2 is 1.50 bits per heavy atom. The van der Waals surface area contributed by atoms with Crippen LogP contribution in [0.2, 0.25) is 0 Å². The minimum Gasteiger partial charge on any atom is -0.243 e. The minimum atomic E-state index is -2.59. The van der Waals surface area contributed by atoms with Gasteiger partial charge >= 0.3 is 0 Å². The average molecular weight is 377 g/mol. The highest BCUT2D eigenvalue weighted by Gasteiger charge is 2.21. The lowest BCUT2D eigenvalue weighted by molar-refractivity contribution is 0.153. The van der Waals surface area contributed by atoms with Crippen molar-refractivity contribution < 1.29 is 8.78 Å². The Morgan fingerprint density at radius 3 is 2.11 bits per heavy atom. The molecule has 0 fully saturated rings. The molecule has 0 aliphatic carbocycles. The first-order valence-electron chi connectivity index (χ1n) is 9.21. The Labute approximate surface area is 162 Å². The summed E-state index contributed by atoms with van der Waals surface area (Å²) in [5, 5.41) is 4.96. The van der Waals surface area contributed by atoms with Gasteiger partial charge in [-0.25, -0.2) is 18.4 Å². The SMILES string of the molecule is Cc1ccc(Cn2nc(C)c3c(C(F)F)cc(-c4ccc(C)cc4)nc32)cc1. The van der Waals surface area contributed by atoms with Crippen LogP contribution >= 0.6 is 0 Å². The van der Waals surface area contributed by atoms with Crippen LogP contribution in [0, 0.1) is 20.8 Å². The van der Waals surface area contributed by atoms with Crippen LogP contribution in [-0.4, -0.2) is 14.8 Å². The molecule has 3 nitrogen and oxygen atoms in total. The first-order chi connectivity index (χ1) is 13.4. The van der Waals surface area contributed by atoms with Gasteiger partial charge in [-0.05, 0) is 32.4 Å². The summed E-state index contributed by atoms with van der Waals surface area (Å²) >= 11 is 0. The molecule has 0 saturated heterocycles. The van der Waals surface area contributed by atoms with Gasteiger partial charge in [0.25, 0.3) is 6.43 Å². The normalized spacial score (nSPS) is 11.5. The van der Waals surface area contributed by atoms with Gasteiger partial charge in [0.05, 0.1) is 23.3 Å². The number of aryl methyl sites for hydroxylation is 3. The minimum absolute atomic E-state index is 0.0202. The largest absolute Gasteiger partial charge is 0.264 e. The zero-order chi connectivity index (χ0) is 19.8. The van der Waals surface area contributed by atoms with Crippen molar-refractivity contribution in [1.82, 2.24) is 14.8 Å². The fourth-order valence-electron chi connectivity index (χ4n) is 3.41. The molecule has 4 aromatic rings. The first kappa shape index (κ1) is 18.3. The molecule has 5 heteroatoms. The van der Waals surface area contributed by atoms with Gasteiger partial charge in [0, 0.05) is 11.1 Å². The van der Waals surface area contributed by atoms with Gasteiger partial charge in [-0.3, -0.25) is 0 Å². The number of benzene rings is 2. The third-order valence-corrected chi connectivity index (χ3v) is 4.94. The number of rotatable bonds is 4. The van der Waals surface area contributed by atoms with E-state index in [9.17, 15) is 8.78 Å². The van der Waals surface area contributed by atoms with E-state index < -0.39 is 6.43 Å². The summed E-state index contributed by atoms with van der Waals surface area (Å²) in [5.41, 5.74) is 5.73. The van der Waals surface area contributed by atoms with Crippen LogP contribution in [-0.2, 0) is 6.54 Å². The topological polar surface area (TPSA) is 30.7 Å². The van der Waals surface area contributed by atoms with Crippen LogP contribution in [0.25, 0.3) is 22.3 Å². The van der Waals surface area contributed by atoms with Crippen LogP contribution in [0.1, 0.15) is 34.4 Å². The van der Waals surface area contributed by atoms with E-state index in [0.29, 0.717) is 29.0 Å². The molecule has 2 aromatic carbocycles. The molecule has 0 N–H and O–H groups in total. The lowest BCUT2D eigenvalue weighted by atomic mass is 10.0. The number of halogens is 2. The highest BCUT2D eigenvalue weighted by Crippen LogP contribution is 2.33. The van der Waals surface area contributed by atoms with Crippen LogP contribution in [0.3, 0.4) is 0 Å².